The molecule has 2 atom stereocenters. The van der Waals surface area contributed by atoms with Gasteiger partial charge in [0.2, 0.25) is 0 Å². The van der Waals surface area contributed by atoms with E-state index in [0.717, 1.165) is 56.3 Å². The highest BCUT2D eigenvalue weighted by atomic mass is 16.5. The number of carbonyl (C=O) groups excluding carboxylic acids is 1. The first-order chi connectivity index (χ1) is 15.6. The van der Waals surface area contributed by atoms with Crippen LogP contribution in [0.1, 0.15) is 17.5 Å². The number of fused-ring (bicyclic) bond motifs is 2. The third-order valence-electron chi connectivity index (χ3n) is 6.37. The number of rotatable bonds is 6. The number of nitrogens with one attached hydrogen (secondary N) is 1. The van der Waals surface area contributed by atoms with Gasteiger partial charge in [-0.3, -0.25) is 0 Å². The van der Waals surface area contributed by atoms with Gasteiger partial charge < -0.3 is 24.6 Å². The minimum atomic E-state index is -0.0526. The number of piperidine rings is 2. The first-order valence-electron chi connectivity index (χ1n) is 11.1. The molecule has 0 saturated carbocycles. The van der Waals surface area contributed by atoms with Gasteiger partial charge in [-0.25, -0.2) is 4.79 Å². The van der Waals surface area contributed by atoms with Gasteiger partial charge in [0.05, 0.1) is 25.9 Å². The molecule has 2 unspecified atom stereocenters. The second-order valence-electron chi connectivity index (χ2n) is 8.69. The number of ether oxygens (including phenoxy) is 2. The van der Waals surface area contributed by atoms with Crippen molar-refractivity contribution in [1.29, 1.82) is 5.26 Å². The summed E-state index contributed by atoms with van der Waals surface area (Å²) in [6, 6.07) is 15.1. The SMILES string of the molecule is COc1ccc(CCN2CC3CC(C2)CN(C(=O)Nc2ccc(C#N)cc2)C3)cc1OC. The van der Waals surface area contributed by atoms with E-state index in [9.17, 15) is 4.79 Å². The number of likely N-dealkylation sites (tertiary alicyclic amines) is 2. The molecule has 2 amide bonds. The van der Waals surface area contributed by atoms with E-state index in [4.69, 9.17) is 14.7 Å². The van der Waals surface area contributed by atoms with Crippen LogP contribution in [-0.2, 0) is 6.42 Å². The van der Waals surface area contributed by atoms with Gasteiger partial charge in [0.1, 0.15) is 0 Å². The average molecular weight is 435 g/mol. The van der Waals surface area contributed by atoms with E-state index in [1.807, 2.05) is 11.0 Å². The predicted octanol–water partition coefficient (Wildman–Crippen LogP) is 3.60. The highest BCUT2D eigenvalue weighted by molar-refractivity contribution is 5.89. The molecule has 2 aliphatic rings. The Kier molecular flexibility index (Phi) is 6.81. The molecule has 32 heavy (non-hydrogen) atoms. The number of benzene rings is 2. The summed E-state index contributed by atoms with van der Waals surface area (Å²) in [4.78, 5) is 17.3. The van der Waals surface area contributed by atoms with E-state index in [-0.39, 0.29) is 6.03 Å². The lowest BCUT2D eigenvalue weighted by Crippen LogP contribution is -2.55. The maximum Gasteiger partial charge on any atom is 0.321 e. The van der Waals surface area contributed by atoms with Gasteiger partial charge in [0.25, 0.3) is 0 Å². The second kappa shape index (κ2) is 9.92. The summed E-state index contributed by atoms with van der Waals surface area (Å²) >= 11 is 0. The number of hydrogen-bond acceptors (Lipinski definition) is 5. The summed E-state index contributed by atoms with van der Waals surface area (Å²) < 4.78 is 10.7. The Morgan fingerprint density at radius 1 is 1.03 bits per heavy atom. The van der Waals surface area contributed by atoms with Crippen molar-refractivity contribution < 1.29 is 14.3 Å². The van der Waals surface area contributed by atoms with Crippen molar-refractivity contribution in [1.82, 2.24) is 9.80 Å². The number of hydrogen-bond donors (Lipinski definition) is 1. The molecule has 2 fully saturated rings. The maximum absolute atomic E-state index is 12.8. The lowest BCUT2D eigenvalue weighted by Gasteiger charge is -2.45. The summed E-state index contributed by atoms with van der Waals surface area (Å²) in [6.45, 7) is 4.60. The smallest absolute Gasteiger partial charge is 0.321 e. The Bertz CT molecular complexity index is 972. The number of urea groups is 1. The van der Waals surface area contributed by atoms with Crippen molar-refractivity contribution in [3.8, 4) is 17.6 Å². The highest BCUT2D eigenvalue weighted by Gasteiger charge is 2.35. The molecule has 0 radical (unpaired) electrons. The first-order valence-corrected chi connectivity index (χ1v) is 11.1. The molecular weight excluding hydrogens is 404 g/mol. The Balaban J connectivity index is 1.29. The van der Waals surface area contributed by atoms with Crippen molar-refractivity contribution >= 4 is 11.7 Å². The predicted molar refractivity (Wildman–Crippen MR) is 123 cm³/mol. The number of methoxy groups -OCH3 is 2. The van der Waals surface area contributed by atoms with Crippen LogP contribution >= 0.6 is 0 Å². The van der Waals surface area contributed by atoms with E-state index in [0.29, 0.717) is 17.4 Å². The normalized spacial score (nSPS) is 20.3. The molecule has 0 aliphatic carbocycles. The molecular formula is C25H30N4O3. The largest absolute Gasteiger partial charge is 0.493 e. The first kappa shape index (κ1) is 22.0. The number of nitrogens with zero attached hydrogens (tertiary/aromatic N) is 3. The van der Waals surface area contributed by atoms with Crippen molar-refractivity contribution in [3.63, 3.8) is 0 Å². The lowest BCUT2D eigenvalue weighted by molar-refractivity contribution is 0.0502. The van der Waals surface area contributed by atoms with Gasteiger partial charge in [-0.2, -0.15) is 5.26 Å². The molecule has 0 spiro atoms. The third kappa shape index (κ3) is 5.14. The highest BCUT2D eigenvalue weighted by Crippen LogP contribution is 2.30. The molecule has 4 rings (SSSR count). The van der Waals surface area contributed by atoms with Crippen LogP contribution in [0.15, 0.2) is 42.5 Å². The van der Waals surface area contributed by atoms with E-state index in [1.54, 1.807) is 38.5 Å². The zero-order valence-electron chi connectivity index (χ0n) is 18.7. The van der Waals surface area contributed by atoms with Gasteiger partial charge in [-0.05, 0) is 66.6 Å². The van der Waals surface area contributed by atoms with E-state index >= 15 is 0 Å². The number of carbonyl (C=O) groups is 1. The average Bonchev–Trinajstić information content (AvgIpc) is 2.82. The van der Waals surface area contributed by atoms with Crippen LogP contribution in [0.4, 0.5) is 10.5 Å². The Morgan fingerprint density at radius 2 is 1.72 bits per heavy atom. The zero-order chi connectivity index (χ0) is 22.5. The molecule has 2 bridgehead atoms. The molecule has 7 nitrogen and oxygen atoms in total. The van der Waals surface area contributed by atoms with Gasteiger partial charge in [-0.1, -0.05) is 6.07 Å². The van der Waals surface area contributed by atoms with E-state index < -0.39 is 0 Å². The van der Waals surface area contributed by atoms with Crippen LogP contribution in [0.25, 0.3) is 0 Å². The molecule has 2 aromatic rings. The fourth-order valence-electron chi connectivity index (χ4n) is 4.89. The summed E-state index contributed by atoms with van der Waals surface area (Å²) in [5, 5.41) is 11.9. The van der Waals surface area contributed by atoms with Crippen molar-refractivity contribution in [2.24, 2.45) is 11.8 Å². The molecule has 2 saturated heterocycles. The Hall–Kier alpha value is -3.24. The quantitative estimate of drug-likeness (QED) is 0.752. The van der Waals surface area contributed by atoms with Crippen LogP contribution < -0.4 is 14.8 Å². The number of nitriles is 1. The van der Waals surface area contributed by atoms with Crippen molar-refractivity contribution in [2.75, 3.05) is 52.3 Å². The molecule has 7 heteroatoms. The van der Waals surface area contributed by atoms with Gasteiger partial charge in [-0.15, -0.1) is 0 Å². The molecule has 2 aromatic carbocycles. The van der Waals surface area contributed by atoms with Gasteiger partial charge >= 0.3 is 6.03 Å². The third-order valence-corrected chi connectivity index (χ3v) is 6.37. The van der Waals surface area contributed by atoms with Crippen LogP contribution in [0.2, 0.25) is 0 Å². The molecule has 2 aliphatic heterocycles. The van der Waals surface area contributed by atoms with Crippen LogP contribution in [0.5, 0.6) is 11.5 Å². The lowest BCUT2D eigenvalue weighted by atomic mass is 9.84. The van der Waals surface area contributed by atoms with Crippen molar-refractivity contribution in [3.05, 3.63) is 53.6 Å². The van der Waals surface area contributed by atoms with Gasteiger partial charge in [0.15, 0.2) is 11.5 Å². The summed E-state index contributed by atoms with van der Waals surface area (Å²) in [6.07, 6.45) is 2.15. The number of anilines is 1. The Labute approximate surface area is 189 Å². The monoisotopic (exact) mass is 434 g/mol. The van der Waals surface area contributed by atoms with Crippen LogP contribution in [-0.4, -0.2) is 62.8 Å². The summed E-state index contributed by atoms with van der Waals surface area (Å²) in [7, 11) is 3.31. The molecule has 2 heterocycles. The Morgan fingerprint density at radius 3 is 2.34 bits per heavy atom. The van der Waals surface area contributed by atoms with Crippen LogP contribution in [0.3, 0.4) is 0 Å². The topological polar surface area (TPSA) is 77.8 Å². The molecule has 0 aromatic heterocycles. The van der Waals surface area contributed by atoms with Crippen molar-refractivity contribution in [2.45, 2.75) is 12.8 Å². The zero-order valence-corrected chi connectivity index (χ0v) is 18.7. The van der Waals surface area contributed by atoms with Crippen LogP contribution in [0, 0.1) is 23.2 Å². The van der Waals surface area contributed by atoms with E-state index in [2.05, 4.69) is 28.4 Å². The minimum absolute atomic E-state index is 0.0526. The maximum atomic E-state index is 12.8. The molecule has 168 valence electrons. The number of amides is 2. The van der Waals surface area contributed by atoms with E-state index in [1.165, 1.54) is 12.0 Å². The summed E-state index contributed by atoms with van der Waals surface area (Å²) in [5.41, 5.74) is 2.55. The standard InChI is InChI=1S/C25H30N4O3/c1-31-23-8-5-18(12-24(23)32-2)9-10-28-14-20-11-21(15-28)17-29(16-20)25(30)27-22-6-3-19(13-26)4-7-22/h3-8,12,20-21H,9-11,14-17H2,1-2H3,(H,27,30). The molecule has 1 N–H and O–H groups in total. The fraction of sp³-hybridized carbons (Fsp3) is 0.440. The minimum Gasteiger partial charge on any atom is -0.493 e. The fourth-order valence-corrected chi connectivity index (χ4v) is 4.89. The second-order valence-corrected chi connectivity index (χ2v) is 8.69. The van der Waals surface area contributed by atoms with Gasteiger partial charge in [0, 0.05) is 38.4 Å². The summed E-state index contributed by atoms with van der Waals surface area (Å²) in [5.74, 6) is 2.52.